The molecule has 0 spiro atoms. The average molecular weight is 275 g/mol. The molecule has 0 saturated heterocycles. The number of hydrogen-bond acceptors (Lipinski definition) is 2. The Morgan fingerprint density at radius 3 is 2.63 bits per heavy atom. The summed E-state index contributed by atoms with van der Waals surface area (Å²) in [7, 11) is 0. The van der Waals surface area contributed by atoms with Crippen molar-refractivity contribution in [3.05, 3.63) is 64.7 Å². The molecule has 0 atom stereocenters. The third-order valence-electron chi connectivity index (χ3n) is 2.92. The Morgan fingerprint density at radius 2 is 1.84 bits per heavy atom. The van der Waals surface area contributed by atoms with E-state index in [9.17, 15) is 0 Å². The van der Waals surface area contributed by atoms with Crippen molar-refractivity contribution in [3.8, 4) is 0 Å². The third-order valence-corrected chi connectivity index (χ3v) is 3.29. The van der Waals surface area contributed by atoms with Crippen LogP contribution >= 0.6 is 11.6 Å². The van der Waals surface area contributed by atoms with Gasteiger partial charge in [-0.25, -0.2) is 0 Å². The minimum absolute atomic E-state index is 0.801. The SMILES string of the molecule is Cc1cccc(NCCNCc2ccccc2Cl)c1. The molecule has 0 fully saturated rings. The van der Waals surface area contributed by atoms with Gasteiger partial charge in [0.1, 0.15) is 0 Å². The highest BCUT2D eigenvalue weighted by Gasteiger charge is 1.97. The predicted octanol–water partition coefficient (Wildman–Crippen LogP) is 3.85. The Labute approximate surface area is 119 Å². The number of hydrogen-bond donors (Lipinski definition) is 2. The van der Waals surface area contributed by atoms with Crippen molar-refractivity contribution in [2.45, 2.75) is 13.5 Å². The van der Waals surface area contributed by atoms with Crippen LogP contribution in [0, 0.1) is 6.92 Å². The summed E-state index contributed by atoms with van der Waals surface area (Å²) in [5.41, 5.74) is 3.58. The zero-order valence-corrected chi connectivity index (χ0v) is 11.9. The van der Waals surface area contributed by atoms with Crippen LogP contribution < -0.4 is 10.6 Å². The fraction of sp³-hybridized carbons (Fsp3) is 0.250. The number of rotatable bonds is 6. The lowest BCUT2D eigenvalue weighted by Gasteiger charge is -2.09. The lowest BCUT2D eigenvalue weighted by atomic mass is 10.2. The van der Waals surface area contributed by atoms with E-state index in [4.69, 9.17) is 11.6 Å². The van der Waals surface area contributed by atoms with Gasteiger partial charge < -0.3 is 10.6 Å². The molecule has 100 valence electrons. The normalized spacial score (nSPS) is 10.4. The van der Waals surface area contributed by atoms with Crippen LogP contribution in [-0.2, 0) is 6.54 Å². The summed E-state index contributed by atoms with van der Waals surface area (Å²) in [4.78, 5) is 0. The van der Waals surface area contributed by atoms with Crippen LogP contribution in [0.3, 0.4) is 0 Å². The van der Waals surface area contributed by atoms with Gasteiger partial charge in [0.05, 0.1) is 0 Å². The number of nitrogens with one attached hydrogen (secondary N) is 2. The average Bonchev–Trinajstić information content (AvgIpc) is 2.40. The second-order valence-corrected chi connectivity index (χ2v) is 4.97. The van der Waals surface area contributed by atoms with Crippen molar-refractivity contribution in [2.75, 3.05) is 18.4 Å². The van der Waals surface area contributed by atoms with E-state index in [-0.39, 0.29) is 0 Å². The molecule has 2 nitrogen and oxygen atoms in total. The van der Waals surface area contributed by atoms with E-state index in [1.807, 2.05) is 24.3 Å². The highest BCUT2D eigenvalue weighted by Crippen LogP contribution is 2.14. The van der Waals surface area contributed by atoms with Crippen molar-refractivity contribution < 1.29 is 0 Å². The van der Waals surface area contributed by atoms with Gasteiger partial charge in [-0.05, 0) is 36.2 Å². The Morgan fingerprint density at radius 1 is 1.00 bits per heavy atom. The molecule has 0 saturated carbocycles. The van der Waals surface area contributed by atoms with E-state index >= 15 is 0 Å². The Kier molecular flexibility index (Phi) is 5.25. The topological polar surface area (TPSA) is 24.1 Å². The van der Waals surface area contributed by atoms with Crippen molar-refractivity contribution in [1.82, 2.24) is 5.32 Å². The predicted molar refractivity (Wildman–Crippen MR) is 82.8 cm³/mol. The maximum Gasteiger partial charge on any atom is 0.0450 e. The zero-order chi connectivity index (χ0) is 13.5. The van der Waals surface area contributed by atoms with Gasteiger partial charge in [-0.15, -0.1) is 0 Å². The molecule has 0 bridgehead atoms. The van der Waals surface area contributed by atoms with Crippen LogP contribution in [0.2, 0.25) is 5.02 Å². The second-order valence-electron chi connectivity index (χ2n) is 4.56. The summed E-state index contributed by atoms with van der Waals surface area (Å²) < 4.78 is 0. The molecule has 0 amide bonds. The number of halogens is 1. The molecule has 0 radical (unpaired) electrons. The molecular formula is C16H19ClN2. The Bertz CT molecular complexity index is 526. The van der Waals surface area contributed by atoms with Crippen LogP contribution in [0.1, 0.15) is 11.1 Å². The minimum Gasteiger partial charge on any atom is -0.384 e. The summed E-state index contributed by atoms with van der Waals surface area (Å²) in [5, 5.41) is 7.59. The zero-order valence-electron chi connectivity index (χ0n) is 11.1. The van der Waals surface area contributed by atoms with Gasteiger partial charge in [-0.1, -0.05) is 41.9 Å². The number of aryl methyl sites for hydroxylation is 1. The minimum atomic E-state index is 0.801. The first-order chi connectivity index (χ1) is 9.25. The Balaban J connectivity index is 1.69. The maximum absolute atomic E-state index is 6.09. The monoisotopic (exact) mass is 274 g/mol. The molecule has 2 N–H and O–H groups in total. The third kappa shape index (κ3) is 4.58. The van der Waals surface area contributed by atoms with Gasteiger partial charge in [0.15, 0.2) is 0 Å². The van der Waals surface area contributed by atoms with Crippen molar-refractivity contribution in [3.63, 3.8) is 0 Å². The molecule has 2 aromatic carbocycles. The summed E-state index contributed by atoms with van der Waals surface area (Å²) in [6, 6.07) is 16.3. The second kappa shape index (κ2) is 7.17. The smallest absolute Gasteiger partial charge is 0.0450 e. The molecule has 0 aliphatic carbocycles. The summed E-state index contributed by atoms with van der Waals surface area (Å²) >= 11 is 6.09. The highest BCUT2D eigenvalue weighted by molar-refractivity contribution is 6.31. The van der Waals surface area contributed by atoms with Gasteiger partial charge in [-0.2, -0.15) is 0 Å². The molecule has 3 heteroatoms. The number of anilines is 1. The van der Waals surface area contributed by atoms with Gasteiger partial charge in [-0.3, -0.25) is 0 Å². The van der Waals surface area contributed by atoms with E-state index in [2.05, 4.69) is 41.8 Å². The number of benzene rings is 2. The molecule has 19 heavy (non-hydrogen) atoms. The van der Waals surface area contributed by atoms with E-state index < -0.39 is 0 Å². The molecule has 0 unspecified atom stereocenters. The van der Waals surface area contributed by atoms with Crippen molar-refractivity contribution in [2.24, 2.45) is 0 Å². The fourth-order valence-corrected chi connectivity index (χ4v) is 2.12. The van der Waals surface area contributed by atoms with E-state index in [1.165, 1.54) is 11.3 Å². The highest BCUT2D eigenvalue weighted by atomic mass is 35.5. The van der Waals surface area contributed by atoms with Gasteiger partial charge >= 0.3 is 0 Å². The lowest BCUT2D eigenvalue weighted by molar-refractivity contribution is 0.707. The molecule has 2 aromatic rings. The molecule has 0 aliphatic heterocycles. The van der Waals surface area contributed by atoms with E-state index in [0.717, 1.165) is 30.2 Å². The van der Waals surface area contributed by atoms with E-state index in [0.29, 0.717) is 0 Å². The summed E-state index contributed by atoms with van der Waals surface area (Å²) in [6.45, 7) is 4.70. The first-order valence-electron chi connectivity index (χ1n) is 6.50. The van der Waals surface area contributed by atoms with Crippen LogP contribution in [0.25, 0.3) is 0 Å². The van der Waals surface area contributed by atoms with E-state index in [1.54, 1.807) is 0 Å². The lowest BCUT2D eigenvalue weighted by Crippen LogP contribution is -2.21. The maximum atomic E-state index is 6.09. The Hall–Kier alpha value is -1.51. The first-order valence-corrected chi connectivity index (χ1v) is 6.88. The molecule has 2 rings (SSSR count). The molecule has 0 heterocycles. The first kappa shape index (κ1) is 13.9. The quantitative estimate of drug-likeness (QED) is 0.782. The van der Waals surface area contributed by atoms with Gasteiger partial charge in [0.25, 0.3) is 0 Å². The summed E-state index contributed by atoms with van der Waals surface area (Å²) in [5.74, 6) is 0. The van der Waals surface area contributed by atoms with Crippen LogP contribution in [0.5, 0.6) is 0 Å². The van der Waals surface area contributed by atoms with Crippen LogP contribution in [0.15, 0.2) is 48.5 Å². The largest absolute Gasteiger partial charge is 0.384 e. The van der Waals surface area contributed by atoms with Crippen LogP contribution in [-0.4, -0.2) is 13.1 Å². The van der Waals surface area contributed by atoms with Crippen molar-refractivity contribution in [1.29, 1.82) is 0 Å². The molecular weight excluding hydrogens is 256 g/mol. The fourth-order valence-electron chi connectivity index (χ4n) is 1.92. The molecule has 0 aliphatic rings. The summed E-state index contributed by atoms with van der Waals surface area (Å²) in [6.07, 6.45) is 0. The molecule has 0 aromatic heterocycles. The van der Waals surface area contributed by atoms with Gasteiger partial charge in [0, 0.05) is 30.3 Å². The van der Waals surface area contributed by atoms with Crippen LogP contribution in [0.4, 0.5) is 5.69 Å². The van der Waals surface area contributed by atoms with Crippen molar-refractivity contribution >= 4 is 17.3 Å². The standard InChI is InChI=1S/C16H19ClN2/c1-13-5-4-7-15(11-13)19-10-9-18-12-14-6-2-3-8-16(14)17/h2-8,11,18-19H,9-10,12H2,1H3. The van der Waals surface area contributed by atoms with Gasteiger partial charge in [0.2, 0.25) is 0 Å².